The van der Waals surface area contributed by atoms with Crippen LogP contribution in [0.25, 0.3) is 0 Å². The fourth-order valence-electron chi connectivity index (χ4n) is 2.91. The second-order valence-electron chi connectivity index (χ2n) is 6.38. The van der Waals surface area contributed by atoms with Gasteiger partial charge in [-0.3, -0.25) is 9.69 Å². The maximum Gasteiger partial charge on any atom is 0.265 e. The van der Waals surface area contributed by atoms with Crippen LogP contribution in [0.3, 0.4) is 0 Å². The zero-order valence-electron chi connectivity index (χ0n) is 14.4. The Labute approximate surface area is 157 Å². The highest BCUT2D eigenvalue weighted by Gasteiger charge is 2.15. The monoisotopic (exact) mass is 402 g/mol. The van der Waals surface area contributed by atoms with Gasteiger partial charge in [-0.2, -0.15) is 0 Å². The van der Waals surface area contributed by atoms with Crippen molar-refractivity contribution in [2.45, 2.75) is 32.4 Å². The summed E-state index contributed by atoms with van der Waals surface area (Å²) in [6, 6.07) is 15.5. The maximum atomic E-state index is 12.2. The Balaban J connectivity index is 1.51. The van der Waals surface area contributed by atoms with Crippen LogP contribution in [0.2, 0.25) is 0 Å². The summed E-state index contributed by atoms with van der Waals surface area (Å²) in [5.74, 6) is 0.548. The molecule has 1 fully saturated rings. The average molecular weight is 403 g/mol. The minimum absolute atomic E-state index is 0.163. The molecule has 132 valence electrons. The number of ether oxygens (including phenoxy) is 1. The van der Waals surface area contributed by atoms with Gasteiger partial charge in [-0.1, -0.05) is 28.1 Å². The molecule has 0 saturated carbocycles. The number of anilines is 1. The van der Waals surface area contributed by atoms with E-state index in [1.807, 2.05) is 36.4 Å². The molecule has 1 saturated heterocycles. The Kier molecular flexibility index (Phi) is 6.10. The predicted octanol–water partition coefficient (Wildman–Crippen LogP) is 4.45. The van der Waals surface area contributed by atoms with Gasteiger partial charge in [-0.15, -0.1) is 0 Å². The van der Waals surface area contributed by atoms with E-state index in [1.54, 1.807) is 6.92 Å². The summed E-state index contributed by atoms with van der Waals surface area (Å²) in [5.41, 5.74) is 2.03. The first kappa shape index (κ1) is 18.0. The molecule has 1 aliphatic heterocycles. The molecule has 1 amide bonds. The van der Waals surface area contributed by atoms with Crippen molar-refractivity contribution in [1.29, 1.82) is 0 Å². The van der Waals surface area contributed by atoms with Crippen LogP contribution >= 0.6 is 15.9 Å². The van der Waals surface area contributed by atoms with Gasteiger partial charge in [0, 0.05) is 16.7 Å². The third-order valence-electron chi connectivity index (χ3n) is 4.32. The molecule has 2 aromatic carbocycles. The van der Waals surface area contributed by atoms with Gasteiger partial charge < -0.3 is 10.1 Å². The zero-order chi connectivity index (χ0) is 17.6. The molecule has 0 aromatic heterocycles. The number of nitrogens with one attached hydrogen (secondary N) is 1. The van der Waals surface area contributed by atoms with Crippen LogP contribution in [-0.2, 0) is 11.3 Å². The van der Waals surface area contributed by atoms with Crippen molar-refractivity contribution in [2.24, 2.45) is 0 Å². The highest BCUT2D eigenvalue weighted by Crippen LogP contribution is 2.18. The topological polar surface area (TPSA) is 41.6 Å². The molecule has 1 unspecified atom stereocenters. The van der Waals surface area contributed by atoms with Crippen molar-refractivity contribution in [2.75, 3.05) is 18.4 Å². The van der Waals surface area contributed by atoms with Crippen molar-refractivity contribution in [3.63, 3.8) is 0 Å². The highest BCUT2D eigenvalue weighted by atomic mass is 79.9. The lowest BCUT2D eigenvalue weighted by atomic mass is 10.2. The highest BCUT2D eigenvalue weighted by molar-refractivity contribution is 9.10. The molecule has 1 heterocycles. The van der Waals surface area contributed by atoms with Gasteiger partial charge in [0.15, 0.2) is 6.10 Å². The van der Waals surface area contributed by atoms with Gasteiger partial charge in [0.2, 0.25) is 0 Å². The van der Waals surface area contributed by atoms with E-state index in [0.717, 1.165) is 16.7 Å². The van der Waals surface area contributed by atoms with E-state index < -0.39 is 6.10 Å². The first-order chi connectivity index (χ1) is 12.1. The van der Waals surface area contributed by atoms with Crippen LogP contribution in [-0.4, -0.2) is 30.0 Å². The molecule has 5 heteroatoms. The Morgan fingerprint density at radius 3 is 2.40 bits per heavy atom. The smallest absolute Gasteiger partial charge is 0.265 e. The standard InChI is InChI=1S/C20H23BrN2O2/c1-15(20(24)22-18-8-6-17(21)7-9-18)25-19-10-4-16(5-11-19)14-23-12-2-3-13-23/h4-11,15H,2-3,12-14H2,1H3,(H,22,24). The number of carbonyl (C=O) groups is 1. The number of carbonyl (C=O) groups excluding carboxylic acids is 1. The molecule has 0 bridgehead atoms. The van der Waals surface area contributed by atoms with Crippen LogP contribution < -0.4 is 10.1 Å². The second-order valence-corrected chi connectivity index (χ2v) is 7.30. The van der Waals surface area contributed by atoms with Crippen LogP contribution in [0.5, 0.6) is 5.75 Å². The zero-order valence-corrected chi connectivity index (χ0v) is 16.0. The average Bonchev–Trinajstić information content (AvgIpc) is 3.11. The fraction of sp³-hybridized carbons (Fsp3) is 0.350. The number of hydrogen-bond donors (Lipinski definition) is 1. The van der Waals surface area contributed by atoms with Gasteiger partial charge in [-0.05, 0) is 74.8 Å². The summed E-state index contributed by atoms with van der Waals surface area (Å²) in [6.45, 7) is 5.11. The predicted molar refractivity (Wildman–Crippen MR) is 104 cm³/mol. The van der Waals surface area contributed by atoms with Gasteiger partial charge in [-0.25, -0.2) is 0 Å². The number of benzene rings is 2. The summed E-state index contributed by atoms with van der Waals surface area (Å²) < 4.78 is 6.74. The first-order valence-corrected chi connectivity index (χ1v) is 9.44. The van der Waals surface area contributed by atoms with Gasteiger partial charge in [0.1, 0.15) is 5.75 Å². The quantitative estimate of drug-likeness (QED) is 0.775. The van der Waals surface area contributed by atoms with Crippen molar-refractivity contribution in [1.82, 2.24) is 4.90 Å². The van der Waals surface area contributed by atoms with Crippen molar-refractivity contribution in [3.05, 3.63) is 58.6 Å². The minimum Gasteiger partial charge on any atom is -0.481 e. The Morgan fingerprint density at radius 2 is 1.76 bits per heavy atom. The molecule has 1 aliphatic rings. The summed E-state index contributed by atoms with van der Waals surface area (Å²) in [5, 5.41) is 2.86. The van der Waals surface area contributed by atoms with E-state index in [4.69, 9.17) is 4.74 Å². The van der Waals surface area contributed by atoms with E-state index in [1.165, 1.54) is 31.5 Å². The maximum absolute atomic E-state index is 12.2. The van der Waals surface area contributed by atoms with Crippen LogP contribution in [0.15, 0.2) is 53.0 Å². The van der Waals surface area contributed by atoms with Crippen molar-refractivity contribution < 1.29 is 9.53 Å². The lowest BCUT2D eigenvalue weighted by Crippen LogP contribution is -2.30. The van der Waals surface area contributed by atoms with E-state index in [9.17, 15) is 4.79 Å². The molecule has 25 heavy (non-hydrogen) atoms. The SMILES string of the molecule is CC(Oc1ccc(CN2CCCC2)cc1)C(=O)Nc1ccc(Br)cc1. The third-order valence-corrected chi connectivity index (χ3v) is 4.85. The van der Waals surface area contributed by atoms with Crippen molar-refractivity contribution >= 4 is 27.5 Å². The van der Waals surface area contributed by atoms with Crippen LogP contribution in [0.4, 0.5) is 5.69 Å². The van der Waals surface area contributed by atoms with E-state index >= 15 is 0 Å². The van der Waals surface area contributed by atoms with E-state index in [0.29, 0.717) is 5.75 Å². The number of hydrogen-bond acceptors (Lipinski definition) is 3. The van der Waals surface area contributed by atoms with Crippen LogP contribution in [0.1, 0.15) is 25.3 Å². The molecule has 0 spiro atoms. The molecular weight excluding hydrogens is 380 g/mol. The molecular formula is C20H23BrN2O2. The number of likely N-dealkylation sites (tertiary alicyclic amines) is 1. The summed E-state index contributed by atoms with van der Waals surface area (Å²) in [7, 11) is 0. The first-order valence-electron chi connectivity index (χ1n) is 8.64. The molecule has 4 nitrogen and oxygen atoms in total. The number of amides is 1. The molecule has 0 radical (unpaired) electrons. The molecule has 1 atom stereocenters. The molecule has 0 aliphatic carbocycles. The van der Waals surface area contributed by atoms with Gasteiger partial charge in [0.05, 0.1) is 0 Å². The third kappa shape index (κ3) is 5.31. The second kappa shape index (κ2) is 8.50. The summed E-state index contributed by atoms with van der Waals surface area (Å²) in [4.78, 5) is 14.7. The van der Waals surface area contributed by atoms with Crippen molar-refractivity contribution in [3.8, 4) is 5.75 Å². The minimum atomic E-state index is -0.562. The lowest BCUT2D eigenvalue weighted by molar-refractivity contribution is -0.122. The van der Waals surface area contributed by atoms with Gasteiger partial charge in [0.25, 0.3) is 5.91 Å². The van der Waals surface area contributed by atoms with Crippen LogP contribution in [0, 0.1) is 0 Å². The largest absolute Gasteiger partial charge is 0.481 e. The van der Waals surface area contributed by atoms with E-state index in [-0.39, 0.29) is 5.91 Å². The fourth-order valence-corrected chi connectivity index (χ4v) is 3.17. The lowest BCUT2D eigenvalue weighted by Gasteiger charge is -2.17. The Bertz CT molecular complexity index is 695. The Hall–Kier alpha value is -1.85. The molecule has 2 aromatic rings. The number of halogens is 1. The normalized spacial score (nSPS) is 15.8. The number of nitrogens with zero attached hydrogens (tertiary/aromatic N) is 1. The summed E-state index contributed by atoms with van der Waals surface area (Å²) in [6.07, 6.45) is 2.03. The number of rotatable bonds is 6. The summed E-state index contributed by atoms with van der Waals surface area (Å²) >= 11 is 3.38. The van der Waals surface area contributed by atoms with E-state index in [2.05, 4.69) is 38.3 Å². The Morgan fingerprint density at radius 1 is 1.12 bits per heavy atom. The molecule has 3 rings (SSSR count). The van der Waals surface area contributed by atoms with Gasteiger partial charge >= 0.3 is 0 Å². The molecule has 1 N–H and O–H groups in total.